The van der Waals surface area contributed by atoms with Crippen LogP contribution in [0.2, 0.25) is 0 Å². The Labute approximate surface area is 68.6 Å². The minimum absolute atomic E-state index is 0.352. The molecule has 0 bridgehead atoms. The molecule has 0 aromatic carbocycles. The maximum absolute atomic E-state index is 11.3. The summed E-state index contributed by atoms with van der Waals surface area (Å²) in [5, 5.41) is 0. The van der Waals surface area contributed by atoms with Crippen LogP contribution >= 0.6 is 0 Å². The summed E-state index contributed by atoms with van der Waals surface area (Å²) in [6.07, 6.45) is 2.92. The Hall–Kier alpha value is -0.530. The fraction of sp³-hybridized carbons (Fsp3) is 0.889. The molecule has 0 aromatic rings. The number of amides is 1. The Morgan fingerprint density at radius 2 is 2.18 bits per heavy atom. The van der Waals surface area contributed by atoms with E-state index in [-0.39, 0.29) is 0 Å². The zero-order chi connectivity index (χ0) is 8.27. The van der Waals surface area contributed by atoms with E-state index in [0.29, 0.717) is 5.91 Å². The first-order valence-corrected chi connectivity index (χ1v) is 4.51. The van der Waals surface area contributed by atoms with Crippen LogP contribution in [0.25, 0.3) is 0 Å². The van der Waals surface area contributed by atoms with Crippen molar-refractivity contribution >= 4 is 5.91 Å². The zero-order valence-electron chi connectivity index (χ0n) is 7.47. The Morgan fingerprint density at radius 3 is 2.64 bits per heavy atom. The van der Waals surface area contributed by atoms with E-state index in [1.54, 1.807) is 0 Å². The molecule has 0 unspecified atom stereocenters. The van der Waals surface area contributed by atoms with Gasteiger partial charge in [-0.1, -0.05) is 20.3 Å². The van der Waals surface area contributed by atoms with Crippen molar-refractivity contribution in [1.82, 2.24) is 4.90 Å². The first-order chi connectivity index (χ1) is 5.24. The van der Waals surface area contributed by atoms with Crippen molar-refractivity contribution in [3.8, 4) is 0 Å². The molecule has 1 heterocycles. The van der Waals surface area contributed by atoms with E-state index in [1.807, 2.05) is 4.90 Å². The first kappa shape index (κ1) is 8.57. The third kappa shape index (κ3) is 2.21. The van der Waals surface area contributed by atoms with Crippen LogP contribution in [-0.4, -0.2) is 23.9 Å². The molecular formula is C9H17NO. The second-order valence-corrected chi connectivity index (χ2v) is 3.51. The molecule has 2 heteroatoms. The van der Waals surface area contributed by atoms with E-state index in [0.717, 1.165) is 38.3 Å². The van der Waals surface area contributed by atoms with E-state index in [4.69, 9.17) is 0 Å². The second kappa shape index (κ2) is 3.74. The van der Waals surface area contributed by atoms with Crippen molar-refractivity contribution in [2.75, 3.05) is 13.1 Å². The molecule has 1 saturated heterocycles. The Balaban J connectivity index is 2.11. The van der Waals surface area contributed by atoms with Crippen molar-refractivity contribution in [1.29, 1.82) is 0 Å². The summed E-state index contributed by atoms with van der Waals surface area (Å²) in [5.41, 5.74) is 0. The van der Waals surface area contributed by atoms with Gasteiger partial charge in [0.2, 0.25) is 5.91 Å². The fourth-order valence-electron chi connectivity index (χ4n) is 1.39. The topological polar surface area (TPSA) is 20.3 Å². The molecule has 0 N–H and O–H groups in total. The molecule has 2 nitrogen and oxygen atoms in total. The number of rotatable bonds is 3. The van der Waals surface area contributed by atoms with E-state index in [9.17, 15) is 4.79 Å². The van der Waals surface area contributed by atoms with Crippen molar-refractivity contribution < 1.29 is 4.79 Å². The number of hydrogen-bond donors (Lipinski definition) is 0. The Morgan fingerprint density at radius 1 is 1.55 bits per heavy atom. The van der Waals surface area contributed by atoms with Crippen LogP contribution in [0.1, 0.15) is 33.1 Å². The van der Waals surface area contributed by atoms with Crippen molar-refractivity contribution in [2.45, 2.75) is 33.1 Å². The number of nitrogens with zero attached hydrogens (tertiary/aromatic N) is 1. The zero-order valence-corrected chi connectivity index (χ0v) is 7.47. The lowest BCUT2D eigenvalue weighted by Crippen LogP contribution is -2.48. The minimum Gasteiger partial charge on any atom is -0.342 e. The predicted molar refractivity (Wildman–Crippen MR) is 45.3 cm³/mol. The maximum atomic E-state index is 11.3. The van der Waals surface area contributed by atoms with Gasteiger partial charge >= 0.3 is 0 Å². The highest BCUT2D eigenvalue weighted by Crippen LogP contribution is 2.15. The lowest BCUT2D eigenvalue weighted by molar-refractivity contribution is -0.137. The van der Waals surface area contributed by atoms with E-state index >= 15 is 0 Å². The lowest BCUT2D eigenvalue weighted by atomic mass is 10.0. The highest BCUT2D eigenvalue weighted by molar-refractivity contribution is 5.76. The molecule has 1 aliphatic heterocycles. The van der Waals surface area contributed by atoms with Crippen LogP contribution in [0, 0.1) is 5.92 Å². The van der Waals surface area contributed by atoms with Crippen molar-refractivity contribution in [2.24, 2.45) is 5.92 Å². The minimum atomic E-state index is 0.352. The van der Waals surface area contributed by atoms with Gasteiger partial charge < -0.3 is 4.90 Å². The number of likely N-dealkylation sites (tertiary alicyclic amines) is 1. The molecule has 11 heavy (non-hydrogen) atoms. The number of carbonyl (C=O) groups excluding carboxylic acids is 1. The van der Waals surface area contributed by atoms with Crippen molar-refractivity contribution in [3.63, 3.8) is 0 Å². The quantitative estimate of drug-likeness (QED) is 0.607. The normalized spacial score (nSPS) is 18.2. The molecule has 0 atom stereocenters. The molecule has 0 spiro atoms. The SMILES string of the molecule is CCCCC(=O)N1CC(C)C1. The number of hydrogen-bond acceptors (Lipinski definition) is 1. The van der Waals surface area contributed by atoms with Gasteiger partial charge in [0.25, 0.3) is 0 Å². The van der Waals surface area contributed by atoms with Crippen LogP contribution in [0.15, 0.2) is 0 Å². The van der Waals surface area contributed by atoms with Crippen LogP contribution in [0.4, 0.5) is 0 Å². The molecule has 0 saturated carbocycles. The van der Waals surface area contributed by atoms with Gasteiger partial charge in [0.05, 0.1) is 0 Å². The molecule has 1 fully saturated rings. The third-order valence-electron chi connectivity index (χ3n) is 2.16. The summed E-state index contributed by atoms with van der Waals surface area (Å²) in [6.45, 7) is 6.28. The highest BCUT2D eigenvalue weighted by Gasteiger charge is 2.25. The lowest BCUT2D eigenvalue weighted by Gasteiger charge is -2.37. The van der Waals surface area contributed by atoms with E-state index in [1.165, 1.54) is 0 Å². The third-order valence-corrected chi connectivity index (χ3v) is 2.16. The summed E-state index contributed by atoms with van der Waals surface area (Å²) in [5.74, 6) is 1.09. The maximum Gasteiger partial charge on any atom is 0.222 e. The second-order valence-electron chi connectivity index (χ2n) is 3.51. The Bertz CT molecular complexity index is 138. The van der Waals surface area contributed by atoms with Gasteiger partial charge in [-0.3, -0.25) is 4.79 Å². The monoisotopic (exact) mass is 155 g/mol. The Kier molecular flexibility index (Phi) is 2.92. The average Bonchev–Trinajstić information content (AvgIpc) is 1.94. The van der Waals surface area contributed by atoms with Gasteiger partial charge in [0, 0.05) is 19.5 Å². The van der Waals surface area contributed by atoms with Gasteiger partial charge in [-0.25, -0.2) is 0 Å². The van der Waals surface area contributed by atoms with Gasteiger partial charge in [0.15, 0.2) is 0 Å². The smallest absolute Gasteiger partial charge is 0.222 e. The van der Waals surface area contributed by atoms with Gasteiger partial charge in [-0.2, -0.15) is 0 Å². The summed E-state index contributed by atoms with van der Waals surface area (Å²) in [4.78, 5) is 13.2. The molecule has 0 aliphatic carbocycles. The molecule has 64 valence electrons. The predicted octanol–water partition coefficient (Wildman–Crippen LogP) is 1.65. The van der Waals surface area contributed by atoms with Crippen LogP contribution in [0.5, 0.6) is 0 Å². The molecule has 1 rings (SSSR count). The van der Waals surface area contributed by atoms with Gasteiger partial charge in [-0.15, -0.1) is 0 Å². The molecule has 0 aromatic heterocycles. The van der Waals surface area contributed by atoms with Gasteiger partial charge in [-0.05, 0) is 12.3 Å². The largest absolute Gasteiger partial charge is 0.342 e. The van der Waals surface area contributed by atoms with E-state index < -0.39 is 0 Å². The highest BCUT2D eigenvalue weighted by atomic mass is 16.2. The van der Waals surface area contributed by atoms with Crippen LogP contribution in [0.3, 0.4) is 0 Å². The number of unbranched alkanes of at least 4 members (excludes halogenated alkanes) is 1. The van der Waals surface area contributed by atoms with Crippen LogP contribution < -0.4 is 0 Å². The standard InChI is InChI=1S/C9H17NO/c1-3-4-5-9(11)10-6-8(2)7-10/h8H,3-7H2,1-2H3. The molecular weight excluding hydrogens is 138 g/mol. The van der Waals surface area contributed by atoms with E-state index in [2.05, 4.69) is 13.8 Å². The number of carbonyl (C=O) groups is 1. The summed E-state index contributed by atoms with van der Waals surface area (Å²) in [6, 6.07) is 0. The van der Waals surface area contributed by atoms with Gasteiger partial charge in [0.1, 0.15) is 0 Å². The molecule has 1 amide bonds. The molecule has 1 aliphatic rings. The summed E-state index contributed by atoms with van der Waals surface area (Å²) < 4.78 is 0. The fourth-order valence-corrected chi connectivity index (χ4v) is 1.39. The van der Waals surface area contributed by atoms with Crippen LogP contribution in [-0.2, 0) is 4.79 Å². The molecule has 0 radical (unpaired) electrons. The average molecular weight is 155 g/mol. The van der Waals surface area contributed by atoms with Crippen molar-refractivity contribution in [3.05, 3.63) is 0 Å². The first-order valence-electron chi connectivity index (χ1n) is 4.51. The summed E-state index contributed by atoms with van der Waals surface area (Å²) >= 11 is 0. The summed E-state index contributed by atoms with van der Waals surface area (Å²) in [7, 11) is 0.